The molecule has 34 heavy (non-hydrogen) atoms. The van der Waals surface area contributed by atoms with Crippen LogP contribution in [0.15, 0.2) is 47.4 Å². The summed E-state index contributed by atoms with van der Waals surface area (Å²) >= 11 is 0. The lowest BCUT2D eigenvalue weighted by Gasteiger charge is -2.47. The average Bonchev–Trinajstić information content (AvgIpc) is 2.79. The first-order valence-corrected chi connectivity index (χ1v) is 13.3. The number of halogens is 1. The van der Waals surface area contributed by atoms with E-state index in [1.54, 1.807) is 36.9 Å². The lowest BCUT2D eigenvalue weighted by Crippen LogP contribution is -2.52. The third-order valence-corrected chi connectivity index (χ3v) is 8.84. The minimum Gasteiger partial charge on any atom is -0.484 e. The van der Waals surface area contributed by atoms with E-state index in [4.69, 9.17) is 9.47 Å². The average molecular weight is 490 g/mol. The number of amides is 1. The van der Waals surface area contributed by atoms with Gasteiger partial charge < -0.3 is 14.4 Å². The molecule has 0 N–H and O–H groups in total. The van der Waals surface area contributed by atoms with Crippen molar-refractivity contribution in [2.24, 2.45) is 0 Å². The summed E-state index contributed by atoms with van der Waals surface area (Å²) in [5.74, 6) is -0.300. The van der Waals surface area contributed by atoms with Gasteiger partial charge in [0.2, 0.25) is 0 Å². The van der Waals surface area contributed by atoms with Crippen LogP contribution >= 0.6 is 0 Å². The lowest BCUT2D eigenvalue weighted by atomic mass is 9.81. The van der Waals surface area contributed by atoms with Crippen molar-refractivity contribution in [3.8, 4) is 5.75 Å². The molecule has 0 saturated carbocycles. The molecule has 4 rings (SSSR count). The number of ether oxygens (including phenoxy) is 2. The van der Waals surface area contributed by atoms with E-state index in [0.29, 0.717) is 37.9 Å². The Morgan fingerprint density at radius 3 is 2.32 bits per heavy atom. The Morgan fingerprint density at radius 1 is 1.09 bits per heavy atom. The summed E-state index contributed by atoms with van der Waals surface area (Å²) in [6, 6.07) is 11.0. The van der Waals surface area contributed by atoms with Crippen molar-refractivity contribution >= 4 is 15.7 Å². The fraction of sp³-hybridized carbons (Fsp3) is 0.500. The smallest absolute Gasteiger partial charge is 0.253 e. The normalized spacial score (nSPS) is 19.9. The van der Waals surface area contributed by atoms with Gasteiger partial charge in [-0.05, 0) is 58.0 Å². The van der Waals surface area contributed by atoms with Crippen LogP contribution < -0.4 is 4.74 Å². The first-order valence-electron chi connectivity index (χ1n) is 11.8. The van der Waals surface area contributed by atoms with Crippen LogP contribution in [0.3, 0.4) is 0 Å². The van der Waals surface area contributed by atoms with Crippen molar-refractivity contribution in [3.63, 3.8) is 0 Å². The second kappa shape index (κ2) is 9.30. The van der Waals surface area contributed by atoms with Crippen LogP contribution in [0.5, 0.6) is 5.75 Å². The number of rotatable bonds is 5. The molecule has 2 aliphatic rings. The van der Waals surface area contributed by atoms with Crippen LogP contribution in [0.4, 0.5) is 4.39 Å². The zero-order valence-corrected chi connectivity index (χ0v) is 20.9. The minimum atomic E-state index is -3.39. The second-order valence-electron chi connectivity index (χ2n) is 9.73. The number of carbonyl (C=O) groups excluding carboxylic acids is 1. The number of sulfone groups is 1. The topological polar surface area (TPSA) is 72.9 Å². The lowest BCUT2D eigenvalue weighted by molar-refractivity contribution is -0.0889. The predicted molar refractivity (Wildman–Crippen MR) is 127 cm³/mol. The van der Waals surface area contributed by atoms with Crippen LogP contribution in [0, 0.1) is 5.82 Å². The molecule has 8 heteroatoms. The van der Waals surface area contributed by atoms with Crippen molar-refractivity contribution in [2.75, 3.05) is 13.1 Å². The van der Waals surface area contributed by atoms with E-state index in [1.165, 1.54) is 18.2 Å². The van der Waals surface area contributed by atoms with E-state index in [1.807, 2.05) is 19.9 Å². The first kappa shape index (κ1) is 24.7. The van der Waals surface area contributed by atoms with Crippen molar-refractivity contribution in [1.82, 2.24) is 4.90 Å². The van der Waals surface area contributed by atoms with Gasteiger partial charge >= 0.3 is 0 Å². The van der Waals surface area contributed by atoms with Gasteiger partial charge in [0.05, 0.1) is 22.4 Å². The van der Waals surface area contributed by atoms with Crippen molar-refractivity contribution in [2.45, 2.75) is 74.9 Å². The molecule has 0 bridgehead atoms. The summed E-state index contributed by atoms with van der Waals surface area (Å²) in [4.78, 5) is 15.0. The van der Waals surface area contributed by atoms with E-state index in [0.717, 1.165) is 5.56 Å². The summed E-state index contributed by atoms with van der Waals surface area (Å²) in [5.41, 5.74) is 0.579. The standard InChI is InChI=1S/C26H32FNO5S/c1-17(2)32-23-16-26(33-24-21(23)6-5-7-22(24)27)12-14-28(15-13-26)25(29)19-8-10-20(11-9-19)34(30,31)18(3)4/h5-11,17-18,23H,12-16H2,1-4H3. The van der Waals surface area contributed by atoms with Crippen molar-refractivity contribution in [3.05, 3.63) is 59.4 Å². The molecule has 1 amide bonds. The number of carbonyl (C=O) groups is 1. The van der Waals surface area contributed by atoms with E-state index >= 15 is 0 Å². The maximum absolute atomic E-state index is 14.6. The largest absolute Gasteiger partial charge is 0.484 e. The van der Waals surface area contributed by atoms with Gasteiger partial charge in [-0.2, -0.15) is 0 Å². The maximum Gasteiger partial charge on any atom is 0.253 e. The summed E-state index contributed by atoms with van der Waals surface area (Å²) in [7, 11) is -3.39. The highest BCUT2D eigenvalue weighted by Gasteiger charge is 2.45. The van der Waals surface area contributed by atoms with Gasteiger partial charge in [0.1, 0.15) is 5.60 Å². The Morgan fingerprint density at radius 2 is 1.74 bits per heavy atom. The van der Waals surface area contributed by atoms with Gasteiger partial charge in [-0.1, -0.05) is 12.1 Å². The molecule has 2 heterocycles. The molecule has 0 aromatic heterocycles. The first-order chi connectivity index (χ1) is 16.0. The van der Waals surface area contributed by atoms with Gasteiger partial charge in [-0.3, -0.25) is 4.79 Å². The zero-order valence-electron chi connectivity index (χ0n) is 20.1. The highest BCUT2D eigenvalue weighted by Crippen LogP contribution is 2.47. The highest BCUT2D eigenvalue weighted by atomic mass is 32.2. The number of nitrogens with zero attached hydrogens (tertiary/aromatic N) is 1. The molecular weight excluding hydrogens is 457 g/mol. The Kier molecular flexibility index (Phi) is 6.75. The molecule has 2 aliphatic heterocycles. The molecule has 1 spiro atoms. The van der Waals surface area contributed by atoms with Crippen LogP contribution in [0.25, 0.3) is 0 Å². The Balaban J connectivity index is 1.48. The molecule has 1 unspecified atom stereocenters. The molecule has 6 nitrogen and oxygen atoms in total. The van der Waals surface area contributed by atoms with Gasteiger partial charge in [-0.15, -0.1) is 0 Å². The minimum absolute atomic E-state index is 0.0135. The van der Waals surface area contributed by atoms with Gasteiger partial charge in [0, 0.05) is 43.5 Å². The fourth-order valence-corrected chi connectivity index (χ4v) is 5.77. The molecule has 184 valence electrons. The predicted octanol–water partition coefficient (Wildman–Crippen LogP) is 4.93. The monoisotopic (exact) mass is 489 g/mol. The number of hydrogen-bond acceptors (Lipinski definition) is 5. The SMILES string of the molecule is CC(C)OC1CC2(CCN(C(=O)c3ccc(S(=O)(=O)C(C)C)cc3)CC2)Oc2c(F)cccc21. The van der Waals surface area contributed by atoms with Crippen LogP contribution in [0.2, 0.25) is 0 Å². The van der Waals surface area contributed by atoms with E-state index in [-0.39, 0.29) is 28.8 Å². The molecule has 1 fully saturated rings. The number of fused-ring (bicyclic) bond motifs is 1. The third-order valence-electron chi connectivity index (χ3n) is 6.67. The van der Waals surface area contributed by atoms with E-state index in [9.17, 15) is 17.6 Å². The number of hydrogen-bond donors (Lipinski definition) is 0. The second-order valence-corrected chi connectivity index (χ2v) is 12.2. The third kappa shape index (κ3) is 4.70. The highest BCUT2D eigenvalue weighted by molar-refractivity contribution is 7.92. The molecule has 1 atom stereocenters. The maximum atomic E-state index is 14.6. The molecule has 0 aliphatic carbocycles. The summed E-state index contributed by atoms with van der Waals surface area (Å²) < 4.78 is 51.7. The summed E-state index contributed by atoms with van der Waals surface area (Å²) in [5, 5.41) is -0.527. The van der Waals surface area contributed by atoms with Crippen molar-refractivity contribution in [1.29, 1.82) is 0 Å². The summed E-state index contributed by atoms with van der Waals surface area (Å²) in [6.07, 6.45) is 1.44. The Bertz CT molecular complexity index is 1150. The van der Waals surface area contributed by atoms with Gasteiger partial charge in [0.15, 0.2) is 21.4 Å². The summed E-state index contributed by atoms with van der Waals surface area (Å²) in [6.45, 7) is 8.10. The quantitative estimate of drug-likeness (QED) is 0.595. The number of para-hydroxylation sites is 1. The molecule has 0 radical (unpaired) electrons. The van der Waals surface area contributed by atoms with E-state index < -0.39 is 26.5 Å². The van der Waals surface area contributed by atoms with Gasteiger partial charge in [-0.25, -0.2) is 12.8 Å². The molecular formula is C26H32FNO5S. The van der Waals surface area contributed by atoms with Crippen LogP contribution in [-0.4, -0.2) is 49.3 Å². The van der Waals surface area contributed by atoms with Gasteiger partial charge in [0.25, 0.3) is 5.91 Å². The Hall–Kier alpha value is -2.45. The molecule has 2 aromatic rings. The molecule has 1 saturated heterocycles. The van der Waals surface area contributed by atoms with Crippen LogP contribution in [0.1, 0.15) is 69.0 Å². The van der Waals surface area contributed by atoms with Crippen molar-refractivity contribution < 1.29 is 27.1 Å². The molecule has 2 aromatic carbocycles. The zero-order chi connectivity index (χ0) is 24.7. The number of benzene rings is 2. The van der Waals surface area contributed by atoms with Crippen LogP contribution in [-0.2, 0) is 14.6 Å². The number of piperidine rings is 1. The number of likely N-dealkylation sites (tertiary alicyclic amines) is 1. The Labute approximate surface area is 201 Å². The fourth-order valence-electron chi connectivity index (χ4n) is 4.71. The van der Waals surface area contributed by atoms with E-state index in [2.05, 4.69) is 0 Å².